The molecule has 0 aliphatic carbocycles. The molecular formula is C11H18N2. The van der Waals surface area contributed by atoms with Gasteiger partial charge in [0.25, 0.3) is 0 Å². The number of nitrogen functional groups attached to an aromatic ring is 1. The van der Waals surface area contributed by atoms with Crippen molar-refractivity contribution in [3.05, 3.63) is 24.0 Å². The predicted molar refractivity (Wildman–Crippen MR) is 56.5 cm³/mol. The highest BCUT2D eigenvalue weighted by Crippen LogP contribution is 2.13. The highest BCUT2D eigenvalue weighted by molar-refractivity contribution is 5.43. The third-order valence-corrected chi connectivity index (χ3v) is 2.25. The van der Waals surface area contributed by atoms with Gasteiger partial charge in [-0.15, -0.1) is 0 Å². The zero-order chi connectivity index (χ0) is 9.52. The van der Waals surface area contributed by atoms with E-state index in [9.17, 15) is 0 Å². The second-order valence-electron chi connectivity index (χ2n) is 3.39. The summed E-state index contributed by atoms with van der Waals surface area (Å²) in [5.74, 6) is 0. The van der Waals surface area contributed by atoms with Crippen LogP contribution in [0.25, 0.3) is 0 Å². The van der Waals surface area contributed by atoms with Crippen LogP contribution in [0, 0.1) is 0 Å². The van der Waals surface area contributed by atoms with Gasteiger partial charge in [0.05, 0.1) is 11.9 Å². The highest BCUT2D eigenvalue weighted by Gasteiger charge is 1.97. The quantitative estimate of drug-likeness (QED) is 0.704. The second kappa shape index (κ2) is 5.57. The van der Waals surface area contributed by atoms with Gasteiger partial charge in [-0.3, -0.25) is 4.98 Å². The van der Waals surface area contributed by atoms with E-state index in [1.807, 2.05) is 12.3 Å². The van der Waals surface area contributed by atoms with Crippen LogP contribution in [-0.4, -0.2) is 4.98 Å². The summed E-state index contributed by atoms with van der Waals surface area (Å²) in [4.78, 5) is 3.96. The fourth-order valence-electron chi connectivity index (χ4n) is 1.41. The van der Waals surface area contributed by atoms with Crippen molar-refractivity contribution in [2.75, 3.05) is 5.73 Å². The number of nitrogens with two attached hydrogens (primary N) is 1. The van der Waals surface area contributed by atoms with Crippen molar-refractivity contribution in [1.82, 2.24) is 4.98 Å². The fraction of sp³-hybridized carbons (Fsp3) is 0.545. The normalized spacial score (nSPS) is 10.2. The number of hydrogen-bond donors (Lipinski definition) is 1. The first-order valence-electron chi connectivity index (χ1n) is 5.03. The Kier molecular flexibility index (Phi) is 4.30. The first kappa shape index (κ1) is 10.0. The van der Waals surface area contributed by atoms with E-state index in [2.05, 4.69) is 11.9 Å². The van der Waals surface area contributed by atoms with Crippen LogP contribution in [0.1, 0.15) is 38.2 Å². The van der Waals surface area contributed by atoms with E-state index in [0.717, 1.165) is 12.1 Å². The topological polar surface area (TPSA) is 38.9 Å². The van der Waals surface area contributed by atoms with Crippen LogP contribution in [0.4, 0.5) is 5.69 Å². The molecule has 72 valence electrons. The van der Waals surface area contributed by atoms with E-state index in [4.69, 9.17) is 5.73 Å². The molecule has 0 aliphatic heterocycles. The van der Waals surface area contributed by atoms with Crippen molar-refractivity contribution in [3.8, 4) is 0 Å². The van der Waals surface area contributed by atoms with Crippen molar-refractivity contribution in [1.29, 1.82) is 0 Å². The molecule has 13 heavy (non-hydrogen) atoms. The molecule has 0 fully saturated rings. The van der Waals surface area contributed by atoms with Gasteiger partial charge in [-0.05, 0) is 24.5 Å². The summed E-state index contributed by atoms with van der Waals surface area (Å²) in [6.07, 6.45) is 9.78. The Balaban J connectivity index is 2.32. The molecule has 0 amide bonds. The molecule has 0 atom stereocenters. The highest BCUT2D eigenvalue weighted by atomic mass is 14.7. The molecule has 0 saturated carbocycles. The Morgan fingerprint density at radius 3 is 2.85 bits per heavy atom. The lowest BCUT2D eigenvalue weighted by atomic mass is 10.1. The van der Waals surface area contributed by atoms with Gasteiger partial charge in [0, 0.05) is 6.20 Å². The average molecular weight is 178 g/mol. The Labute approximate surface area is 80.2 Å². The smallest absolute Gasteiger partial charge is 0.0533 e. The van der Waals surface area contributed by atoms with E-state index in [1.54, 1.807) is 6.20 Å². The maximum Gasteiger partial charge on any atom is 0.0533 e. The first-order valence-corrected chi connectivity index (χ1v) is 5.03. The van der Waals surface area contributed by atoms with Crippen LogP contribution in [0.15, 0.2) is 18.5 Å². The molecule has 0 unspecified atom stereocenters. The first-order chi connectivity index (χ1) is 6.34. The molecule has 2 nitrogen and oxygen atoms in total. The number of pyridine rings is 1. The molecular weight excluding hydrogens is 160 g/mol. The number of anilines is 1. The van der Waals surface area contributed by atoms with Gasteiger partial charge in [0.1, 0.15) is 0 Å². The number of unbranched alkanes of at least 4 members (excludes halogenated alkanes) is 3. The number of nitrogens with zero attached hydrogens (tertiary/aromatic N) is 1. The molecule has 1 rings (SSSR count). The summed E-state index contributed by atoms with van der Waals surface area (Å²) in [7, 11) is 0. The van der Waals surface area contributed by atoms with Gasteiger partial charge in [-0.25, -0.2) is 0 Å². The van der Waals surface area contributed by atoms with E-state index in [1.165, 1.54) is 31.2 Å². The lowest BCUT2D eigenvalue weighted by Gasteiger charge is -2.03. The summed E-state index contributed by atoms with van der Waals surface area (Å²) in [5.41, 5.74) is 7.85. The van der Waals surface area contributed by atoms with Crippen molar-refractivity contribution in [2.45, 2.75) is 39.0 Å². The zero-order valence-corrected chi connectivity index (χ0v) is 8.29. The maximum absolute atomic E-state index is 5.77. The van der Waals surface area contributed by atoms with E-state index < -0.39 is 0 Å². The second-order valence-corrected chi connectivity index (χ2v) is 3.39. The molecule has 0 radical (unpaired) electrons. The molecule has 0 saturated heterocycles. The molecule has 0 bridgehead atoms. The van der Waals surface area contributed by atoms with Crippen molar-refractivity contribution in [3.63, 3.8) is 0 Å². The summed E-state index contributed by atoms with van der Waals surface area (Å²) in [6.45, 7) is 2.22. The molecule has 1 aromatic heterocycles. The number of hydrogen-bond acceptors (Lipinski definition) is 2. The minimum absolute atomic E-state index is 0.832. The molecule has 0 aliphatic rings. The third-order valence-electron chi connectivity index (χ3n) is 2.25. The van der Waals surface area contributed by atoms with Gasteiger partial charge in [-0.1, -0.05) is 26.2 Å². The molecule has 0 aromatic carbocycles. The van der Waals surface area contributed by atoms with Crippen molar-refractivity contribution in [2.24, 2.45) is 0 Å². The molecule has 0 spiro atoms. The standard InChI is InChI=1S/C11H18N2/c1-2-3-4-5-6-10-7-8-13-9-11(10)12/h7-9H,2-6,12H2,1H3. The molecule has 2 N–H and O–H groups in total. The van der Waals surface area contributed by atoms with Crippen LogP contribution in [0.3, 0.4) is 0 Å². The summed E-state index contributed by atoms with van der Waals surface area (Å²) < 4.78 is 0. The van der Waals surface area contributed by atoms with Gasteiger partial charge < -0.3 is 5.73 Å². The van der Waals surface area contributed by atoms with Crippen LogP contribution in [0.5, 0.6) is 0 Å². The van der Waals surface area contributed by atoms with Gasteiger partial charge in [0.15, 0.2) is 0 Å². The number of aromatic nitrogens is 1. The van der Waals surface area contributed by atoms with E-state index in [-0.39, 0.29) is 0 Å². The maximum atomic E-state index is 5.77. The molecule has 1 heterocycles. The van der Waals surface area contributed by atoms with Crippen LogP contribution >= 0.6 is 0 Å². The van der Waals surface area contributed by atoms with Crippen LogP contribution < -0.4 is 5.73 Å². The Morgan fingerprint density at radius 2 is 2.15 bits per heavy atom. The summed E-state index contributed by atoms with van der Waals surface area (Å²) in [5, 5.41) is 0. The van der Waals surface area contributed by atoms with Gasteiger partial charge >= 0.3 is 0 Å². The minimum Gasteiger partial charge on any atom is -0.397 e. The Morgan fingerprint density at radius 1 is 1.31 bits per heavy atom. The average Bonchev–Trinajstić information content (AvgIpc) is 2.15. The Bertz CT molecular complexity index is 246. The summed E-state index contributed by atoms with van der Waals surface area (Å²) >= 11 is 0. The fourth-order valence-corrected chi connectivity index (χ4v) is 1.41. The lowest BCUT2D eigenvalue weighted by Crippen LogP contribution is -1.95. The third kappa shape index (κ3) is 3.45. The number of rotatable bonds is 5. The van der Waals surface area contributed by atoms with Crippen molar-refractivity contribution >= 4 is 5.69 Å². The monoisotopic (exact) mass is 178 g/mol. The Hall–Kier alpha value is -1.05. The van der Waals surface area contributed by atoms with E-state index in [0.29, 0.717) is 0 Å². The van der Waals surface area contributed by atoms with Crippen LogP contribution in [-0.2, 0) is 6.42 Å². The zero-order valence-electron chi connectivity index (χ0n) is 8.29. The van der Waals surface area contributed by atoms with E-state index >= 15 is 0 Å². The minimum atomic E-state index is 0.832. The molecule has 1 aromatic rings. The molecule has 2 heteroatoms. The predicted octanol–water partition coefficient (Wildman–Crippen LogP) is 2.79. The largest absolute Gasteiger partial charge is 0.397 e. The lowest BCUT2D eigenvalue weighted by molar-refractivity contribution is 0.667. The van der Waals surface area contributed by atoms with Crippen LogP contribution in [0.2, 0.25) is 0 Å². The SMILES string of the molecule is CCCCCCc1ccncc1N. The van der Waals surface area contributed by atoms with Gasteiger partial charge in [-0.2, -0.15) is 0 Å². The number of aryl methyl sites for hydroxylation is 1. The summed E-state index contributed by atoms with van der Waals surface area (Å²) in [6, 6.07) is 2.02. The van der Waals surface area contributed by atoms with Gasteiger partial charge in [0.2, 0.25) is 0 Å². The van der Waals surface area contributed by atoms with Crippen molar-refractivity contribution < 1.29 is 0 Å².